The van der Waals surface area contributed by atoms with Crippen LogP contribution in [0.25, 0.3) is 0 Å². The van der Waals surface area contributed by atoms with Crippen molar-refractivity contribution in [3.8, 4) is 0 Å². The Morgan fingerprint density at radius 1 is 1.56 bits per heavy atom. The van der Waals surface area contributed by atoms with Crippen LogP contribution in [0.1, 0.15) is 17.7 Å². The molecule has 1 saturated heterocycles. The molecule has 0 aliphatic carbocycles. The van der Waals surface area contributed by atoms with Gasteiger partial charge >= 0.3 is 0 Å². The number of nitrogens with two attached hydrogens (primary N) is 1. The van der Waals surface area contributed by atoms with E-state index < -0.39 is 0 Å². The summed E-state index contributed by atoms with van der Waals surface area (Å²) in [7, 11) is 0. The highest BCUT2D eigenvalue weighted by molar-refractivity contribution is 14.0. The maximum atomic E-state index is 5.82. The average molecular weight is 397 g/mol. The standard InChI is InChI=1S/C12H19N3S2.HI/c13-12(15-9-11-4-2-8-17-11)14-6-5-10-3-1-7-16-10;/h1,3,7,11H,2,4-6,8-9H2,(H3,13,14,15);1H. The van der Waals surface area contributed by atoms with E-state index in [4.69, 9.17) is 5.73 Å². The van der Waals surface area contributed by atoms with E-state index in [2.05, 4.69) is 27.8 Å². The van der Waals surface area contributed by atoms with Crippen molar-refractivity contribution in [2.45, 2.75) is 24.5 Å². The van der Waals surface area contributed by atoms with Crippen LogP contribution >= 0.6 is 47.1 Å². The Balaban J connectivity index is 0.00000162. The van der Waals surface area contributed by atoms with Crippen molar-refractivity contribution in [3.63, 3.8) is 0 Å². The van der Waals surface area contributed by atoms with Gasteiger partial charge in [0.1, 0.15) is 0 Å². The van der Waals surface area contributed by atoms with Gasteiger partial charge in [-0.1, -0.05) is 6.07 Å². The van der Waals surface area contributed by atoms with Gasteiger partial charge in [-0.2, -0.15) is 11.8 Å². The van der Waals surface area contributed by atoms with Crippen molar-refractivity contribution in [2.75, 3.05) is 18.8 Å². The summed E-state index contributed by atoms with van der Waals surface area (Å²) >= 11 is 3.80. The van der Waals surface area contributed by atoms with E-state index in [1.165, 1.54) is 23.5 Å². The first kappa shape index (κ1) is 16.1. The molecule has 1 unspecified atom stereocenters. The highest BCUT2D eigenvalue weighted by Crippen LogP contribution is 2.25. The molecule has 0 aromatic carbocycles. The second kappa shape index (κ2) is 9.03. The summed E-state index contributed by atoms with van der Waals surface area (Å²) in [4.78, 5) is 5.78. The maximum Gasteiger partial charge on any atom is 0.188 e. The molecule has 18 heavy (non-hydrogen) atoms. The molecule has 2 heterocycles. The summed E-state index contributed by atoms with van der Waals surface area (Å²) in [5, 5.41) is 5.96. The van der Waals surface area contributed by atoms with Crippen molar-refractivity contribution in [1.82, 2.24) is 5.32 Å². The summed E-state index contributed by atoms with van der Waals surface area (Å²) in [6, 6.07) is 4.23. The van der Waals surface area contributed by atoms with Crippen molar-refractivity contribution in [1.29, 1.82) is 0 Å². The zero-order chi connectivity index (χ0) is 11.9. The normalized spacial score (nSPS) is 19.6. The fraction of sp³-hybridized carbons (Fsp3) is 0.583. The number of halogens is 1. The first-order valence-electron chi connectivity index (χ1n) is 6.02. The molecule has 1 fully saturated rings. The SMILES string of the molecule is I.NC(=NCC1CCCS1)NCCc1cccs1. The molecular weight excluding hydrogens is 377 g/mol. The highest BCUT2D eigenvalue weighted by atomic mass is 127. The quantitative estimate of drug-likeness (QED) is 0.456. The molecule has 102 valence electrons. The smallest absolute Gasteiger partial charge is 0.188 e. The monoisotopic (exact) mass is 397 g/mol. The average Bonchev–Trinajstić information content (AvgIpc) is 2.99. The lowest BCUT2D eigenvalue weighted by atomic mass is 10.2. The lowest BCUT2D eigenvalue weighted by Crippen LogP contribution is -2.33. The third kappa shape index (κ3) is 5.79. The Labute approximate surface area is 134 Å². The van der Waals surface area contributed by atoms with Crippen LogP contribution in [0.2, 0.25) is 0 Å². The Morgan fingerprint density at radius 3 is 3.11 bits per heavy atom. The predicted molar refractivity (Wildman–Crippen MR) is 93.4 cm³/mol. The van der Waals surface area contributed by atoms with Gasteiger partial charge in [0.2, 0.25) is 0 Å². The van der Waals surface area contributed by atoms with Gasteiger partial charge in [0.15, 0.2) is 5.96 Å². The number of thioether (sulfide) groups is 1. The molecule has 1 atom stereocenters. The zero-order valence-corrected chi connectivity index (χ0v) is 14.3. The van der Waals surface area contributed by atoms with Gasteiger partial charge < -0.3 is 11.1 Å². The van der Waals surface area contributed by atoms with Gasteiger partial charge in [0.05, 0.1) is 6.54 Å². The number of guanidine groups is 1. The van der Waals surface area contributed by atoms with Gasteiger partial charge in [0.25, 0.3) is 0 Å². The van der Waals surface area contributed by atoms with Crippen LogP contribution in [0.15, 0.2) is 22.5 Å². The van der Waals surface area contributed by atoms with Crippen molar-refractivity contribution in [2.24, 2.45) is 10.7 Å². The van der Waals surface area contributed by atoms with Crippen LogP contribution in [0.5, 0.6) is 0 Å². The molecule has 0 amide bonds. The predicted octanol–water partition coefficient (Wildman–Crippen LogP) is 2.71. The highest BCUT2D eigenvalue weighted by Gasteiger charge is 2.14. The Morgan fingerprint density at radius 2 is 2.44 bits per heavy atom. The molecule has 3 N–H and O–H groups in total. The molecule has 1 aliphatic rings. The Kier molecular flexibility index (Phi) is 8.08. The molecule has 1 aromatic heterocycles. The third-order valence-electron chi connectivity index (χ3n) is 2.75. The minimum absolute atomic E-state index is 0. The first-order chi connectivity index (χ1) is 8.34. The van der Waals surface area contributed by atoms with Crippen LogP contribution < -0.4 is 11.1 Å². The topological polar surface area (TPSA) is 50.4 Å². The van der Waals surface area contributed by atoms with E-state index in [-0.39, 0.29) is 24.0 Å². The maximum absolute atomic E-state index is 5.82. The van der Waals surface area contributed by atoms with Crippen LogP contribution in [0.3, 0.4) is 0 Å². The first-order valence-corrected chi connectivity index (χ1v) is 7.95. The van der Waals surface area contributed by atoms with E-state index in [0.29, 0.717) is 11.2 Å². The number of hydrogen-bond acceptors (Lipinski definition) is 3. The molecular formula is C12H20IN3S2. The lowest BCUT2D eigenvalue weighted by molar-refractivity contribution is 0.777. The van der Waals surface area contributed by atoms with Crippen molar-refractivity contribution < 1.29 is 0 Å². The van der Waals surface area contributed by atoms with E-state index >= 15 is 0 Å². The van der Waals surface area contributed by atoms with E-state index in [9.17, 15) is 0 Å². The second-order valence-electron chi connectivity index (χ2n) is 4.12. The van der Waals surface area contributed by atoms with Gasteiger partial charge in [-0.3, -0.25) is 4.99 Å². The molecule has 3 nitrogen and oxygen atoms in total. The van der Waals surface area contributed by atoms with Gasteiger partial charge in [-0.25, -0.2) is 0 Å². The summed E-state index contributed by atoms with van der Waals surface area (Å²) in [6.07, 6.45) is 3.64. The number of nitrogens with zero attached hydrogens (tertiary/aromatic N) is 1. The third-order valence-corrected chi connectivity index (χ3v) is 5.06. The fourth-order valence-electron chi connectivity index (χ4n) is 1.81. The number of aliphatic imine (C=N–C) groups is 1. The number of hydrogen-bond donors (Lipinski definition) is 2. The summed E-state index contributed by atoms with van der Waals surface area (Å²) in [5.41, 5.74) is 5.82. The summed E-state index contributed by atoms with van der Waals surface area (Å²) in [5.74, 6) is 1.88. The van der Waals surface area contributed by atoms with E-state index in [1.807, 2.05) is 11.8 Å². The molecule has 0 spiro atoms. The summed E-state index contributed by atoms with van der Waals surface area (Å²) in [6.45, 7) is 1.73. The van der Waals surface area contributed by atoms with Crippen LogP contribution in [-0.4, -0.2) is 30.1 Å². The van der Waals surface area contributed by atoms with Crippen LogP contribution in [-0.2, 0) is 6.42 Å². The number of thiophene rings is 1. The minimum atomic E-state index is 0. The lowest BCUT2D eigenvalue weighted by Gasteiger charge is -2.07. The molecule has 0 saturated carbocycles. The number of nitrogens with one attached hydrogen (secondary N) is 1. The van der Waals surface area contributed by atoms with Gasteiger partial charge in [0, 0.05) is 16.7 Å². The fourth-order valence-corrected chi connectivity index (χ4v) is 3.70. The van der Waals surface area contributed by atoms with E-state index in [1.54, 1.807) is 11.3 Å². The van der Waals surface area contributed by atoms with Crippen molar-refractivity contribution in [3.05, 3.63) is 22.4 Å². The van der Waals surface area contributed by atoms with Gasteiger partial charge in [-0.15, -0.1) is 35.3 Å². The molecule has 1 aromatic rings. The van der Waals surface area contributed by atoms with E-state index in [0.717, 1.165) is 19.5 Å². The largest absolute Gasteiger partial charge is 0.370 e. The van der Waals surface area contributed by atoms with Crippen LogP contribution in [0, 0.1) is 0 Å². The minimum Gasteiger partial charge on any atom is -0.370 e. The Hall–Kier alpha value is 0.0500. The molecule has 0 radical (unpaired) electrons. The second-order valence-corrected chi connectivity index (χ2v) is 6.56. The van der Waals surface area contributed by atoms with Gasteiger partial charge in [-0.05, 0) is 36.5 Å². The zero-order valence-electron chi connectivity index (χ0n) is 10.3. The molecule has 2 rings (SSSR count). The Bertz CT molecular complexity index is 348. The van der Waals surface area contributed by atoms with Crippen LogP contribution in [0.4, 0.5) is 0 Å². The summed E-state index contributed by atoms with van der Waals surface area (Å²) < 4.78 is 0. The molecule has 0 bridgehead atoms. The van der Waals surface area contributed by atoms with Crippen molar-refractivity contribution >= 4 is 53.0 Å². The number of rotatable bonds is 5. The molecule has 6 heteroatoms. The molecule has 1 aliphatic heterocycles.